The highest BCUT2D eigenvalue weighted by atomic mass is 35.5. The van der Waals surface area contributed by atoms with Crippen LogP contribution in [-0.4, -0.2) is 0 Å². The van der Waals surface area contributed by atoms with E-state index >= 15 is 0 Å². The van der Waals surface area contributed by atoms with E-state index in [2.05, 4.69) is 5.32 Å². The van der Waals surface area contributed by atoms with Crippen molar-refractivity contribution in [2.45, 2.75) is 6.54 Å². The predicted molar refractivity (Wildman–Crippen MR) is 82.9 cm³/mol. The molecular formula is C17H13ClFNO. The fourth-order valence-electron chi connectivity index (χ4n) is 2.03. The van der Waals surface area contributed by atoms with E-state index < -0.39 is 0 Å². The molecule has 3 rings (SSSR count). The van der Waals surface area contributed by atoms with Gasteiger partial charge in [-0.2, -0.15) is 0 Å². The van der Waals surface area contributed by atoms with E-state index in [4.69, 9.17) is 16.0 Å². The number of benzene rings is 2. The van der Waals surface area contributed by atoms with Gasteiger partial charge in [0.25, 0.3) is 0 Å². The molecule has 1 aromatic heterocycles. The molecule has 2 nitrogen and oxygen atoms in total. The first-order valence-electron chi connectivity index (χ1n) is 6.55. The Hall–Kier alpha value is -2.26. The number of furan rings is 1. The van der Waals surface area contributed by atoms with Gasteiger partial charge in [-0.3, -0.25) is 0 Å². The van der Waals surface area contributed by atoms with Gasteiger partial charge < -0.3 is 9.73 Å². The van der Waals surface area contributed by atoms with Gasteiger partial charge in [0.1, 0.15) is 17.3 Å². The van der Waals surface area contributed by atoms with E-state index in [-0.39, 0.29) is 5.82 Å². The zero-order chi connectivity index (χ0) is 14.7. The third kappa shape index (κ3) is 3.26. The molecule has 1 N–H and O–H groups in total. The summed E-state index contributed by atoms with van der Waals surface area (Å²) in [6.07, 6.45) is 0. The fourth-order valence-corrected chi connectivity index (χ4v) is 2.23. The van der Waals surface area contributed by atoms with Crippen LogP contribution in [0.3, 0.4) is 0 Å². The number of hydrogen-bond donors (Lipinski definition) is 1. The van der Waals surface area contributed by atoms with Crippen molar-refractivity contribution in [3.63, 3.8) is 0 Å². The van der Waals surface area contributed by atoms with Crippen LogP contribution < -0.4 is 5.32 Å². The lowest BCUT2D eigenvalue weighted by atomic mass is 10.2. The van der Waals surface area contributed by atoms with Gasteiger partial charge in [0.05, 0.1) is 17.3 Å². The Labute approximate surface area is 127 Å². The van der Waals surface area contributed by atoms with E-state index in [1.807, 2.05) is 36.4 Å². The van der Waals surface area contributed by atoms with Crippen molar-refractivity contribution in [2.24, 2.45) is 0 Å². The summed E-state index contributed by atoms with van der Waals surface area (Å²) in [6, 6.07) is 17.5. The van der Waals surface area contributed by atoms with E-state index in [0.29, 0.717) is 17.3 Å². The third-order valence-corrected chi connectivity index (χ3v) is 3.45. The molecule has 1 heterocycles. The first kappa shape index (κ1) is 13.7. The smallest absolute Gasteiger partial charge is 0.134 e. The summed E-state index contributed by atoms with van der Waals surface area (Å²) in [7, 11) is 0. The number of rotatable bonds is 4. The van der Waals surface area contributed by atoms with Crippen molar-refractivity contribution in [1.82, 2.24) is 0 Å². The van der Waals surface area contributed by atoms with Crippen LogP contribution in [0.1, 0.15) is 5.76 Å². The zero-order valence-corrected chi connectivity index (χ0v) is 11.9. The van der Waals surface area contributed by atoms with Crippen LogP contribution in [0.25, 0.3) is 11.3 Å². The summed E-state index contributed by atoms with van der Waals surface area (Å²) >= 11 is 6.08. The Bertz CT molecular complexity index is 737. The average Bonchev–Trinajstić information content (AvgIpc) is 2.96. The van der Waals surface area contributed by atoms with Crippen molar-refractivity contribution in [3.8, 4) is 11.3 Å². The first-order valence-corrected chi connectivity index (χ1v) is 6.93. The van der Waals surface area contributed by atoms with Gasteiger partial charge in [-0.05, 0) is 48.5 Å². The van der Waals surface area contributed by atoms with E-state index in [9.17, 15) is 4.39 Å². The highest BCUT2D eigenvalue weighted by Gasteiger charge is 2.06. The van der Waals surface area contributed by atoms with Crippen LogP contribution in [0, 0.1) is 5.82 Å². The van der Waals surface area contributed by atoms with Gasteiger partial charge in [0, 0.05) is 5.56 Å². The topological polar surface area (TPSA) is 25.2 Å². The van der Waals surface area contributed by atoms with Crippen molar-refractivity contribution in [1.29, 1.82) is 0 Å². The molecule has 0 fully saturated rings. The lowest BCUT2D eigenvalue weighted by Crippen LogP contribution is -1.98. The molecule has 0 unspecified atom stereocenters. The molecule has 2 aromatic carbocycles. The standard InChI is InChI=1S/C17H13ClFNO/c18-15-3-1-2-4-16(15)20-11-14-9-10-17(21-14)12-5-7-13(19)8-6-12/h1-10,20H,11H2. The Balaban J connectivity index is 1.71. The minimum atomic E-state index is -0.258. The normalized spacial score (nSPS) is 10.6. The monoisotopic (exact) mass is 301 g/mol. The fraction of sp³-hybridized carbons (Fsp3) is 0.0588. The Morgan fingerprint density at radius 2 is 1.71 bits per heavy atom. The second kappa shape index (κ2) is 6.02. The zero-order valence-electron chi connectivity index (χ0n) is 11.1. The highest BCUT2D eigenvalue weighted by molar-refractivity contribution is 6.33. The summed E-state index contributed by atoms with van der Waals surface area (Å²) in [5, 5.41) is 3.89. The molecule has 0 bridgehead atoms. The maximum atomic E-state index is 12.9. The molecule has 0 spiro atoms. The van der Waals surface area contributed by atoms with E-state index in [0.717, 1.165) is 17.0 Å². The Morgan fingerprint density at radius 1 is 0.952 bits per heavy atom. The van der Waals surface area contributed by atoms with Crippen molar-refractivity contribution in [2.75, 3.05) is 5.32 Å². The molecule has 0 saturated carbocycles. The molecule has 0 radical (unpaired) electrons. The molecule has 106 valence electrons. The molecular weight excluding hydrogens is 289 g/mol. The average molecular weight is 302 g/mol. The van der Waals surface area contributed by atoms with Crippen molar-refractivity contribution >= 4 is 17.3 Å². The molecule has 0 aliphatic heterocycles. The van der Waals surface area contributed by atoms with E-state index in [1.54, 1.807) is 12.1 Å². The number of anilines is 1. The Kier molecular flexibility index (Phi) is 3.93. The van der Waals surface area contributed by atoms with Crippen LogP contribution in [0.4, 0.5) is 10.1 Å². The maximum Gasteiger partial charge on any atom is 0.134 e. The molecule has 0 atom stereocenters. The molecule has 0 saturated heterocycles. The highest BCUT2D eigenvalue weighted by Crippen LogP contribution is 2.24. The van der Waals surface area contributed by atoms with Gasteiger partial charge >= 0.3 is 0 Å². The van der Waals surface area contributed by atoms with Crippen LogP contribution in [0.2, 0.25) is 5.02 Å². The molecule has 4 heteroatoms. The molecule has 0 aliphatic rings. The SMILES string of the molecule is Fc1ccc(-c2ccc(CNc3ccccc3Cl)o2)cc1. The number of para-hydroxylation sites is 1. The summed E-state index contributed by atoms with van der Waals surface area (Å²) in [5.41, 5.74) is 1.71. The number of hydrogen-bond acceptors (Lipinski definition) is 2. The quantitative estimate of drug-likeness (QED) is 0.702. The number of nitrogens with one attached hydrogen (secondary N) is 1. The maximum absolute atomic E-state index is 12.9. The van der Waals surface area contributed by atoms with Gasteiger partial charge in [-0.25, -0.2) is 4.39 Å². The molecule has 0 amide bonds. The predicted octanol–water partition coefficient (Wildman–Crippen LogP) is 5.35. The lowest BCUT2D eigenvalue weighted by molar-refractivity contribution is 0.531. The molecule has 0 aliphatic carbocycles. The van der Waals surface area contributed by atoms with Crippen LogP contribution in [-0.2, 0) is 6.54 Å². The summed E-state index contributed by atoms with van der Waals surface area (Å²) in [4.78, 5) is 0. The molecule has 21 heavy (non-hydrogen) atoms. The summed E-state index contributed by atoms with van der Waals surface area (Å²) < 4.78 is 18.6. The Morgan fingerprint density at radius 3 is 2.48 bits per heavy atom. The minimum Gasteiger partial charge on any atom is -0.459 e. The summed E-state index contributed by atoms with van der Waals surface area (Å²) in [6.45, 7) is 0.533. The van der Waals surface area contributed by atoms with Gasteiger partial charge in [-0.15, -0.1) is 0 Å². The third-order valence-electron chi connectivity index (χ3n) is 3.12. The van der Waals surface area contributed by atoms with E-state index in [1.165, 1.54) is 12.1 Å². The van der Waals surface area contributed by atoms with Crippen LogP contribution >= 0.6 is 11.6 Å². The lowest BCUT2D eigenvalue weighted by Gasteiger charge is -2.06. The van der Waals surface area contributed by atoms with Crippen molar-refractivity contribution in [3.05, 3.63) is 77.3 Å². The first-order chi connectivity index (χ1) is 10.2. The van der Waals surface area contributed by atoms with Gasteiger partial charge in [-0.1, -0.05) is 23.7 Å². The molecule has 3 aromatic rings. The summed E-state index contributed by atoms with van der Waals surface area (Å²) in [5.74, 6) is 1.24. The minimum absolute atomic E-state index is 0.258. The largest absolute Gasteiger partial charge is 0.459 e. The van der Waals surface area contributed by atoms with Crippen molar-refractivity contribution < 1.29 is 8.81 Å². The second-order valence-electron chi connectivity index (χ2n) is 4.61. The van der Waals surface area contributed by atoms with Gasteiger partial charge in [0.2, 0.25) is 0 Å². The van der Waals surface area contributed by atoms with Crippen LogP contribution in [0.5, 0.6) is 0 Å². The van der Waals surface area contributed by atoms with Gasteiger partial charge in [0.15, 0.2) is 0 Å². The second-order valence-corrected chi connectivity index (χ2v) is 5.01. The van der Waals surface area contributed by atoms with Crippen LogP contribution in [0.15, 0.2) is 65.1 Å². The number of halogens is 2.